The van der Waals surface area contributed by atoms with Crippen molar-refractivity contribution in [3.05, 3.63) is 126 Å². The van der Waals surface area contributed by atoms with Gasteiger partial charge in [0.25, 0.3) is 0 Å². The van der Waals surface area contributed by atoms with E-state index in [1.165, 1.54) is 29.2 Å². The number of carboxylic acid groups (broad SMARTS) is 2. The number of methoxy groups -OCH3 is 1. The fourth-order valence-corrected chi connectivity index (χ4v) is 6.07. The molecule has 5 aromatic rings. The number of hydrogen-bond donors (Lipinski definition) is 4. The fourth-order valence-electron chi connectivity index (χ4n) is 6.07. The molecule has 1 aromatic heterocycles. The van der Waals surface area contributed by atoms with Gasteiger partial charge in [-0.1, -0.05) is 78.9 Å². The Morgan fingerprint density at radius 2 is 1.28 bits per heavy atom. The third-order valence-electron chi connectivity index (χ3n) is 8.71. The van der Waals surface area contributed by atoms with Crippen molar-refractivity contribution < 1.29 is 34.1 Å². The highest BCUT2D eigenvalue weighted by Crippen LogP contribution is 2.44. The molecule has 1 aliphatic carbocycles. The van der Waals surface area contributed by atoms with Gasteiger partial charge in [-0.3, -0.25) is 14.4 Å². The minimum absolute atomic E-state index is 0.168. The van der Waals surface area contributed by atoms with Gasteiger partial charge in [-0.25, -0.2) is 0 Å². The van der Waals surface area contributed by atoms with Crippen LogP contribution in [0.2, 0.25) is 0 Å². The Labute approximate surface area is 292 Å². The van der Waals surface area contributed by atoms with Crippen LogP contribution in [0.15, 0.2) is 103 Å². The number of carboxylic acids is 2. The fraction of sp³-hybridized carbons (Fsp3) is 0.275. The molecule has 0 spiro atoms. The summed E-state index contributed by atoms with van der Waals surface area (Å²) in [6.07, 6.45) is 2.96. The second kappa shape index (κ2) is 17.8. The van der Waals surface area contributed by atoms with Crippen molar-refractivity contribution in [1.29, 1.82) is 0 Å². The highest BCUT2D eigenvalue weighted by molar-refractivity contribution is 5.85. The lowest BCUT2D eigenvalue weighted by Crippen LogP contribution is -2.35. The number of ether oxygens (including phenoxy) is 2. The minimum Gasteiger partial charge on any atom is -0.497 e. The lowest BCUT2D eigenvalue weighted by atomic mass is 9.98. The van der Waals surface area contributed by atoms with Crippen LogP contribution in [-0.2, 0) is 39.0 Å². The Bertz CT molecular complexity index is 1860. The largest absolute Gasteiger partial charge is 0.497 e. The summed E-state index contributed by atoms with van der Waals surface area (Å²) in [4.78, 5) is 32.8. The molecule has 0 bridgehead atoms. The Hall–Kier alpha value is -5.45. The molecule has 4 N–H and O–H groups in total. The maximum atomic E-state index is 11.0. The average molecular weight is 680 g/mol. The molecule has 10 heteroatoms. The van der Waals surface area contributed by atoms with E-state index in [4.69, 9.17) is 19.7 Å². The van der Waals surface area contributed by atoms with Crippen LogP contribution in [-0.4, -0.2) is 72.6 Å². The first-order chi connectivity index (χ1) is 24.1. The van der Waals surface area contributed by atoms with E-state index in [1.807, 2.05) is 90.6 Å². The molecule has 0 radical (unpaired) electrons. The number of nitrogens with zero attached hydrogens (tertiary/aromatic N) is 1. The van der Waals surface area contributed by atoms with E-state index >= 15 is 0 Å². The SMILES string of the molecule is CC(=O)OCC1c2ccccc2-c2ccccc21.CN[C@@H](Cc1ccc(OC)cc1)C(=O)O.CN[C@@H](Cc1cn(C)c2ccccc12)C(=O)O. The zero-order valence-electron chi connectivity index (χ0n) is 29.1. The molecule has 10 nitrogen and oxygen atoms in total. The van der Waals surface area contributed by atoms with Crippen molar-refractivity contribution in [2.75, 3.05) is 27.8 Å². The summed E-state index contributed by atoms with van der Waals surface area (Å²) >= 11 is 0. The third-order valence-corrected chi connectivity index (χ3v) is 8.71. The van der Waals surface area contributed by atoms with Gasteiger partial charge in [-0.15, -0.1) is 0 Å². The van der Waals surface area contributed by atoms with Gasteiger partial charge >= 0.3 is 17.9 Å². The van der Waals surface area contributed by atoms with Crippen LogP contribution in [0.3, 0.4) is 0 Å². The maximum absolute atomic E-state index is 11.0. The van der Waals surface area contributed by atoms with E-state index in [0.717, 1.165) is 27.8 Å². The van der Waals surface area contributed by atoms with Gasteiger partial charge in [-0.2, -0.15) is 0 Å². The van der Waals surface area contributed by atoms with Crippen LogP contribution < -0.4 is 15.4 Å². The predicted molar refractivity (Wildman–Crippen MR) is 195 cm³/mol. The van der Waals surface area contributed by atoms with Gasteiger partial charge in [0.1, 0.15) is 24.4 Å². The molecule has 4 aromatic carbocycles. The Morgan fingerprint density at radius 1 is 0.760 bits per heavy atom. The summed E-state index contributed by atoms with van der Waals surface area (Å²) in [5.41, 5.74) is 8.17. The number of benzene rings is 4. The van der Waals surface area contributed by atoms with Gasteiger partial charge in [0, 0.05) is 43.4 Å². The molecule has 50 heavy (non-hydrogen) atoms. The number of rotatable bonds is 11. The van der Waals surface area contributed by atoms with Crippen molar-refractivity contribution in [2.45, 2.75) is 37.8 Å². The molecular formula is C40H45N3O7. The molecular weight excluding hydrogens is 634 g/mol. The van der Waals surface area contributed by atoms with E-state index in [1.54, 1.807) is 21.2 Å². The van der Waals surface area contributed by atoms with Crippen molar-refractivity contribution in [1.82, 2.24) is 15.2 Å². The maximum Gasteiger partial charge on any atom is 0.321 e. The molecule has 0 aliphatic heterocycles. The number of nitrogens with one attached hydrogen (secondary N) is 2. The number of aliphatic carboxylic acids is 2. The first kappa shape index (κ1) is 37.4. The van der Waals surface area contributed by atoms with Crippen molar-refractivity contribution >= 4 is 28.8 Å². The van der Waals surface area contributed by atoms with Crippen molar-refractivity contribution in [3.8, 4) is 16.9 Å². The summed E-state index contributed by atoms with van der Waals surface area (Å²) in [7, 11) is 6.88. The molecule has 262 valence electrons. The van der Waals surface area contributed by atoms with Crippen LogP contribution >= 0.6 is 0 Å². The van der Waals surface area contributed by atoms with Crippen LogP contribution in [0.4, 0.5) is 0 Å². The highest BCUT2D eigenvalue weighted by atomic mass is 16.5. The number of aryl methyl sites for hydroxylation is 1. The minimum atomic E-state index is -0.840. The van der Waals surface area contributed by atoms with Crippen LogP contribution in [0, 0.1) is 0 Å². The Kier molecular flexibility index (Phi) is 13.3. The second-order valence-electron chi connectivity index (χ2n) is 11.9. The lowest BCUT2D eigenvalue weighted by molar-refractivity contribution is -0.141. The average Bonchev–Trinajstić information content (AvgIpc) is 3.62. The van der Waals surface area contributed by atoms with Crippen LogP contribution in [0.5, 0.6) is 5.75 Å². The normalized spacial score (nSPS) is 12.7. The zero-order valence-corrected chi connectivity index (χ0v) is 29.1. The highest BCUT2D eigenvalue weighted by Gasteiger charge is 2.28. The molecule has 1 aliphatic rings. The molecule has 0 amide bonds. The predicted octanol–water partition coefficient (Wildman–Crippen LogP) is 5.67. The smallest absolute Gasteiger partial charge is 0.321 e. The lowest BCUT2D eigenvalue weighted by Gasteiger charge is -2.12. The molecule has 0 saturated carbocycles. The summed E-state index contributed by atoms with van der Waals surface area (Å²) in [5.74, 6) is -0.943. The monoisotopic (exact) mass is 679 g/mol. The van der Waals surface area contributed by atoms with E-state index in [0.29, 0.717) is 19.4 Å². The number of aromatic nitrogens is 1. The molecule has 2 atom stereocenters. The molecule has 0 unspecified atom stereocenters. The number of carbonyl (C=O) groups is 3. The molecule has 1 heterocycles. The van der Waals surface area contributed by atoms with Gasteiger partial charge in [0.15, 0.2) is 0 Å². The zero-order chi connectivity index (χ0) is 36.2. The van der Waals surface area contributed by atoms with E-state index < -0.39 is 24.0 Å². The Balaban J connectivity index is 0.000000169. The van der Waals surface area contributed by atoms with Crippen molar-refractivity contribution in [2.24, 2.45) is 7.05 Å². The molecule has 6 rings (SSSR count). The van der Waals surface area contributed by atoms with E-state index in [-0.39, 0.29) is 11.9 Å². The van der Waals surface area contributed by atoms with Crippen molar-refractivity contribution in [3.63, 3.8) is 0 Å². The number of para-hydroxylation sites is 1. The number of esters is 1. The second-order valence-corrected chi connectivity index (χ2v) is 11.9. The van der Waals surface area contributed by atoms with E-state index in [2.05, 4.69) is 34.9 Å². The number of carbonyl (C=O) groups excluding carboxylic acids is 1. The quantitative estimate of drug-likeness (QED) is 0.130. The Morgan fingerprint density at radius 3 is 1.80 bits per heavy atom. The molecule has 0 saturated heterocycles. The van der Waals surface area contributed by atoms with Gasteiger partial charge in [0.05, 0.1) is 7.11 Å². The van der Waals surface area contributed by atoms with Gasteiger partial charge in [0.2, 0.25) is 0 Å². The summed E-state index contributed by atoms with van der Waals surface area (Å²) in [6.45, 7) is 1.87. The van der Waals surface area contributed by atoms with Gasteiger partial charge < -0.3 is 34.9 Å². The van der Waals surface area contributed by atoms with Gasteiger partial charge in [-0.05, 0) is 72.1 Å². The first-order valence-electron chi connectivity index (χ1n) is 16.3. The number of fused-ring (bicyclic) bond motifs is 4. The number of likely N-dealkylation sites (N-methyl/N-ethyl adjacent to an activating group) is 2. The molecule has 0 fully saturated rings. The van der Waals surface area contributed by atoms with E-state index in [9.17, 15) is 14.4 Å². The topological polar surface area (TPSA) is 139 Å². The summed E-state index contributed by atoms with van der Waals surface area (Å²) in [5, 5.41) is 24.6. The third kappa shape index (κ3) is 9.37. The van der Waals surface area contributed by atoms with Crippen LogP contribution in [0.25, 0.3) is 22.0 Å². The number of hydrogen-bond acceptors (Lipinski definition) is 7. The van der Waals surface area contributed by atoms with Crippen LogP contribution in [0.1, 0.15) is 35.1 Å². The summed E-state index contributed by atoms with van der Waals surface area (Å²) in [6, 6.07) is 31.0. The first-order valence-corrected chi connectivity index (χ1v) is 16.3. The standard InChI is InChI=1S/C16H14O2.C13H16N2O2.C11H15NO3/c1-11(17)18-10-16-14-8-4-2-6-12(14)13-7-3-5-9-15(13)16;1-14-11(13(16)17)7-9-8-15(2)12-6-4-3-5-10(9)12;1-12-10(11(13)14)7-8-3-5-9(15-2)6-4-8/h2-9,16H,10H2,1H3;3-6,8,11,14H,7H2,1-2H3,(H,16,17);3-6,10,12H,7H2,1-2H3,(H,13,14)/t;11-;10-/m.00/s1. The summed E-state index contributed by atoms with van der Waals surface area (Å²) < 4.78 is 12.2.